The highest BCUT2D eigenvalue weighted by atomic mass is 16.6. The molecule has 0 bridgehead atoms. The molecule has 82 valence electrons. The topological polar surface area (TPSA) is 64.8 Å². The first-order chi connectivity index (χ1) is 6.63. The largest absolute Gasteiger partial charge is 0.447 e. The third-order valence-corrected chi connectivity index (χ3v) is 2.23. The van der Waals surface area contributed by atoms with Crippen molar-refractivity contribution in [2.45, 2.75) is 38.9 Å². The van der Waals surface area contributed by atoms with Crippen LogP contribution in [0.5, 0.6) is 0 Å². The van der Waals surface area contributed by atoms with E-state index >= 15 is 0 Å². The van der Waals surface area contributed by atoms with Crippen LogP contribution in [0.1, 0.15) is 26.7 Å². The monoisotopic (exact) mass is 202 g/mol. The van der Waals surface area contributed by atoms with Crippen molar-refractivity contribution in [1.29, 1.82) is 0 Å². The number of hydrogen-bond donors (Lipinski definition) is 1. The Balaban J connectivity index is 2.30. The fourth-order valence-electron chi connectivity index (χ4n) is 1.45. The van der Waals surface area contributed by atoms with Gasteiger partial charge in [-0.05, 0) is 26.7 Å². The fourth-order valence-corrected chi connectivity index (χ4v) is 1.45. The van der Waals surface area contributed by atoms with Gasteiger partial charge in [-0.1, -0.05) is 0 Å². The van der Waals surface area contributed by atoms with Crippen LogP contribution in [0.25, 0.3) is 0 Å². The Hall–Kier alpha value is -0.810. The van der Waals surface area contributed by atoms with E-state index in [1.54, 1.807) is 4.90 Å². The molecule has 0 aliphatic carbocycles. The highest BCUT2D eigenvalue weighted by Crippen LogP contribution is 2.13. The molecule has 0 aromatic carbocycles. The van der Waals surface area contributed by atoms with Crippen LogP contribution >= 0.6 is 0 Å². The van der Waals surface area contributed by atoms with E-state index in [1.165, 1.54) is 0 Å². The molecule has 0 unspecified atom stereocenters. The average Bonchev–Trinajstić information content (AvgIpc) is 2.17. The minimum absolute atomic E-state index is 0.0639. The average molecular weight is 202 g/mol. The zero-order valence-electron chi connectivity index (χ0n) is 8.73. The van der Waals surface area contributed by atoms with Crippen molar-refractivity contribution in [3.63, 3.8) is 0 Å². The number of carbonyl (C=O) groups excluding carboxylic acids is 1. The minimum Gasteiger partial charge on any atom is -0.447 e. The predicted molar refractivity (Wildman–Crippen MR) is 51.5 cm³/mol. The van der Waals surface area contributed by atoms with Gasteiger partial charge in [0.05, 0.1) is 12.2 Å². The molecule has 1 saturated heterocycles. The van der Waals surface area contributed by atoms with Crippen LogP contribution in [0.4, 0.5) is 4.79 Å². The molecule has 1 aliphatic heterocycles. The zero-order valence-corrected chi connectivity index (χ0v) is 8.73. The van der Waals surface area contributed by atoms with Gasteiger partial charge in [0.25, 0.3) is 0 Å². The Bertz CT molecular complexity index is 188. The second kappa shape index (κ2) is 5.17. The van der Waals surface area contributed by atoms with E-state index in [9.17, 15) is 4.79 Å². The summed E-state index contributed by atoms with van der Waals surface area (Å²) in [5, 5.41) is 0. The van der Waals surface area contributed by atoms with E-state index in [4.69, 9.17) is 15.5 Å². The molecule has 0 spiro atoms. The van der Waals surface area contributed by atoms with Gasteiger partial charge in [-0.3, -0.25) is 0 Å². The lowest BCUT2D eigenvalue weighted by atomic mass is 10.1. The molecule has 0 aromatic heterocycles. The number of nitrogens with zero attached hydrogens (tertiary/aromatic N) is 1. The lowest BCUT2D eigenvalue weighted by Gasteiger charge is -2.30. The summed E-state index contributed by atoms with van der Waals surface area (Å²) < 4.78 is 5.07. The van der Waals surface area contributed by atoms with E-state index in [1.807, 2.05) is 13.8 Å². The summed E-state index contributed by atoms with van der Waals surface area (Å²) >= 11 is 0. The minimum atomic E-state index is -0.240. The molecule has 0 aromatic rings. The van der Waals surface area contributed by atoms with Crippen LogP contribution in [0.15, 0.2) is 0 Å². The molecule has 0 radical (unpaired) electrons. The van der Waals surface area contributed by atoms with Crippen LogP contribution in [-0.4, -0.2) is 36.3 Å². The van der Waals surface area contributed by atoms with Gasteiger partial charge in [0.1, 0.15) is 0 Å². The summed E-state index contributed by atoms with van der Waals surface area (Å²) in [7, 11) is 0. The molecule has 0 saturated carbocycles. The van der Waals surface area contributed by atoms with Gasteiger partial charge in [-0.15, -0.1) is 0 Å². The highest BCUT2D eigenvalue weighted by Gasteiger charge is 2.24. The van der Waals surface area contributed by atoms with E-state index < -0.39 is 0 Å². The van der Waals surface area contributed by atoms with Crippen molar-refractivity contribution < 1.29 is 14.4 Å². The Morgan fingerprint density at radius 1 is 1.43 bits per heavy atom. The van der Waals surface area contributed by atoms with Crippen molar-refractivity contribution in [3.8, 4) is 0 Å². The van der Waals surface area contributed by atoms with Gasteiger partial charge in [0.2, 0.25) is 0 Å². The molecular formula is C9H18N2O3. The van der Waals surface area contributed by atoms with E-state index in [-0.39, 0.29) is 18.3 Å². The first kappa shape index (κ1) is 11.3. The smallest absolute Gasteiger partial charge is 0.410 e. The van der Waals surface area contributed by atoms with Gasteiger partial charge >= 0.3 is 6.09 Å². The van der Waals surface area contributed by atoms with Gasteiger partial charge < -0.3 is 14.5 Å². The number of carbonyl (C=O) groups is 1. The Labute approximate surface area is 84.1 Å². The molecule has 2 N–H and O–H groups in total. The number of piperidine rings is 1. The van der Waals surface area contributed by atoms with Gasteiger partial charge in [-0.2, -0.15) is 0 Å². The number of nitrogens with two attached hydrogens (primary N) is 1. The van der Waals surface area contributed by atoms with Crippen molar-refractivity contribution >= 4 is 6.09 Å². The summed E-state index contributed by atoms with van der Waals surface area (Å²) in [6, 6.07) is 0. The fraction of sp³-hybridized carbons (Fsp3) is 0.889. The SMILES string of the molecule is CC(C)OC(=O)N1CCC(ON)CC1. The molecule has 1 heterocycles. The van der Waals surface area contributed by atoms with Gasteiger partial charge in [-0.25, -0.2) is 10.7 Å². The second-order valence-corrected chi connectivity index (χ2v) is 3.76. The maximum Gasteiger partial charge on any atom is 0.410 e. The first-order valence-corrected chi connectivity index (χ1v) is 4.94. The molecule has 14 heavy (non-hydrogen) atoms. The number of likely N-dealkylation sites (tertiary alicyclic amines) is 1. The van der Waals surface area contributed by atoms with Crippen LogP contribution in [0.3, 0.4) is 0 Å². The molecular weight excluding hydrogens is 184 g/mol. The van der Waals surface area contributed by atoms with E-state index in [2.05, 4.69) is 0 Å². The van der Waals surface area contributed by atoms with Gasteiger partial charge in [0.15, 0.2) is 0 Å². The second-order valence-electron chi connectivity index (χ2n) is 3.76. The molecule has 0 atom stereocenters. The number of amides is 1. The summed E-state index contributed by atoms with van der Waals surface area (Å²) in [4.78, 5) is 17.8. The molecule has 1 aliphatic rings. The summed E-state index contributed by atoms with van der Waals surface area (Å²) in [5.41, 5.74) is 0. The Morgan fingerprint density at radius 2 is 2.00 bits per heavy atom. The molecule has 1 fully saturated rings. The Kier molecular flexibility index (Phi) is 4.16. The third kappa shape index (κ3) is 3.16. The van der Waals surface area contributed by atoms with Crippen molar-refractivity contribution in [2.75, 3.05) is 13.1 Å². The maximum atomic E-state index is 11.4. The van der Waals surface area contributed by atoms with Crippen LogP contribution in [-0.2, 0) is 9.57 Å². The van der Waals surface area contributed by atoms with Crippen molar-refractivity contribution in [1.82, 2.24) is 4.90 Å². The first-order valence-electron chi connectivity index (χ1n) is 4.94. The standard InChI is InChI=1S/C9H18N2O3/c1-7(2)13-9(12)11-5-3-8(14-10)4-6-11/h7-8H,3-6,10H2,1-2H3. The quantitative estimate of drug-likeness (QED) is 0.675. The van der Waals surface area contributed by atoms with E-state index in [0.29, 0.717) is 13.1 Å². The predicted octanol–water partition coefficient (Wildman–Crippen LogP) is 0.886. The van der Waals surface area contributed by atoms with Crippen molar-refractivity contribution in [3.05, 3.63) is 0 Å². The molecule has 5 nitrogen and oxygen atoms in total. The lowest BCUT2D eigenvalue weighted by molar-refractivity contribution is 0.00126. The summed E-state index contributed by atoms with van der Waals surface area (Å²) in [6.45, 7) is 5.00. The van der Waals surface area contributed by atoms with Crippen LogP contribution < -0.4 is 5.90 Å². The number of ether oxygens (including phenoxy) is 1. The molecule has 1 rings (SSSR count). The normalized spacial score (nSPS) is 18.7. The third-order valence-electron chi connectivity index (χ3n) is 2.23. The van der Waals surface area contributed by atoms with Crippen LogP contribution in [0, 0.1) is 0 Å². The number of rotatable bonds is 2. The molecule has 1 amide bonds. The zero-order chi connectivity index (χ0) is 10.6. The molecule has 5 heteroatoms. The van der Waals surface area contributed by atoms with Crippen molar-refractivity contribution in [2.24, 2.45) is 5.90 Å². The van der Waals surface area contributed by atoms with Gasteiger partial charge in [0, 0.05) is 13.1 Å². The highest BCUT2D eigenvalue weighted by molar-refractivity contribution is 5.67. The summed E-state index contributed by atoms with van der Waals surface area (Å²) in [5.74, 6) is 5.07. The van der Waals surface area contributed by atoms with E-state index in [0.717, 1.165) is 12.8 Å². The maximum absolute atomic E-state index is 11.4. The summed E-state index contributed by atoms with van der Waals surface area (Å²) in [6.07, 6.45) is 1.34. The Morgan fingerprint density at radius 3 is 2.43 bits per heavy atom. The van der Waals surface area contributed by atoms with Crippen LogP contribution in [0.2, 0.25) is 0 Å². The lowest BCUT2D eigenvalue weighted by Crippen LogP contribution is -2.42. The number of hydrogen-bond acceptors (Lipinski definition) is 4.